The number of carbonyl (C=O) groups is 2. The third kappa shape index (κ3) is 5.26. The first-order chi connectivity index (χ1) is 8.11. The van der Waals surface area contributed by atoms with Crippen molar-refractivity contribution in [1.82, 2.24) is 10.3 Å². The number of hydrogen-bond donors (Lipinski definition) is 1. The van der Waals surface area contributed by atoms with Gasteiger partial charge in [0.15, 0.2) is 0 Å². The van der Waals surface area contributed by atoms with Crippen molar-refractivity contribution in [1.29, 1.82) is 0 Å². The number of methoxy groups -OCH3 is 1. The Kier molecular flexibility index (Phi) is 5.35. The van der Waals surface area contributed by atoms with Gasteiger partial charge in [-0.2, -0.15) is 0 Å². The molecule has 0 fully saturated rings. The van der Waals surface area contributed by atoms with Crippen LogP contribution in [0.3, 0.4) is 0 Å². The van der Waals surface area contributed by atoms with Gasteiger partial charge in [0, 0.05) is 17.5 Å². The molecular formula is C11H14N2O3S. The molecule has 0 saturated heterocycles. The van der Waals surface area contributed by atoms with Crippen LogP contribution in [0.2, 0.25) is 0 Å². The van der Waals surface area contributed by atoms with Gasteiger partial charge in [0.1, 0.15) is 0 Å². The maximum absolute atomic E-state index is 11.4. The van der Waals surface area contributed by atoms with Crippen LogP contribution >= 0.6 is 11.3 Å². The van der Waals surface area contributed by atoms with Gasteiger partial charge < -0.3 is 10.1 Å². The lowest BCUT2D eigenvalue weighted by Crippen LogP contribution is -2.33. The van der Waals surface area contributed by atoms with Crippen molar-refractivity contribution in [3.63, 3.8) is 0 Å². The Morgan fingerprint density at radius 2 is 2.41 bits per heavy atom. The Bertz CT molecular complexity index is 401. The summed E-state index contributed by atoms with van der Waals surface area (Å²) in [4.78, 5) is 26.4. The first-order valence-corrected chi connectivity index (χ1v) is 5.99. The smallest absolute Gasteiger partial charge is 0.307 e. The zero-order valence-corrected chi connectivity index (χ0v) is 10.5. The first kappa shape index (κ1) is 13.4. The lowest BCUT2D eigenvalue weighted by molar-refractivity contribution is -0.141. The number of thiazole rings is 1. The quantitative estimate of drug-likeness (QED) is 0.633. The molecule has 1 aromatic rings. The molecule has 1 amide bonds. The largest absolute Gasteiger partial charge is 0.469 e. The van der Waals surface area contributed by atoms with E-state index in [1.54, 1.807) is 18.5 Å². The summed E-state index contributed by atoms with van der Waals surface area (Å²) in [5.74, 6) is -0.601. The summed E-state index contributed by atoms with van der Waals surface area (Å²) < 4.78 is 4.50. The van der Waals surface area contributed by atoms with Gasteiger partial charge in [-0.15, -0.1) is 11.3 Å². The van der Waals surface area contributed by atoms with E-state index in [2.05, 4.69) is 15.0 Å². The summed E-state index contributed by atoms with van der Waals surface area (Å²) in [6.07, 6.45) is 3.17. The number of rotatable bonds is 5. The Morgan fingerprint density at radius 1 is 1.65 bits per heavy atom. The molecule has 0 radical (unpaired) electrons. The van der Waals surface area contributed by atoms with Crippen LogP contribution in [-0.2, 0) is 14.3 Å². The number of hydrogen-bond acceptors (Lipinski definition) is 5. The van der Waals surface area contributed by atoms with Crippen molar-refractivity contribution < 1.29 is 14.3 Å². The fourth-order valence-corrected chi connectivity index (χ4v) is 1.66. The summed E-state index contributed by atoms with van der Waals surface area (Å²) in [5, 5.41) is 4.49. The number of carbonyl (C=O) groups excluding carboxylic acids is 2. The Morgan fingerprint density at radius 3 is 3.00 bits per heavy atom. The van der Waals surface area contributed by atoms with Gasteiger partial charge in [0.2, 0.25) is 5.91 Å². The maximum Gasteiger partial charge on any atom is 0.307 e. The van der Waals surface area contributed by atoms with E-state index in [0.717, 1.165) is 5.69 Å². The van der Waals surface area contributed by atoms with E-state index in [1.807, 2.05) is 5.38 Å². The molecule has 0 aliphatic rings. The Hall–Kier alpha value is -1.69. The van der Waals surface area contributed by atoms with Gasteiger partial charge in [0.05, 0.1) is 24.7 Å². The molecule has 5 nitrogen and oxygen atoms in total. The van der Waals surface area contributed by atoms with Crippen LogP contribution in [0, 0.1) is 0 Å². The normalized spacial score (nSPS) is 12.4. The minimum absolute atomic E-state index is 0.160. The van der Waals surface area contributed by atoms with Crippen molar-refractivity contribution in [2.24, 2.45) is 0 Å². The van der Waals surface area contributed by atoms with E-state index in [4.69, 9.17) is 0 Å². The second-order valence-corrected chi connectivity index (χ2v) is 4.16. The molecule has 1 heterocycles. The van der Waals surface area contributed by atoms with E-state index in [-0.39, 0.29) is 24.3 Å². The molecule has 0 aliphatic carbocycles. The number of ether oxygens (including phenoxy) is 1. The molecule has 0 bridgehead atoms. The summed E-state index contributed by atoms with van der Waals surface area (Å²) >= 11 is 1.46. The fraction of sp³-hybridized carbons (Fsp3) is 0.364. The molecule has 92 valence electrons. The topological polar surface area (TPSA) is 68.3 Å². The van der Waals surface area contributed by atoms with E-state index in [1.165, 1.54) is 24.5 Å². The van der Waals surface area contributed by atoms with Gasteiger partial charge in [-0.05, 0) is 13.0 Å². The highest BCUT2D eigenvalue weighted by molar-refractivity contribution is 7.07. The third-order valence-electron chi connectivity index (χ3n) is 1.95. The minimum Gasteiger partial charge on any atom is -0.469 e. The fourth-order valence-electron chi connectivity index (χ4n) is 1.14. The van der Waals surface area contributed by atoms with Crippen LogP contribution in [0.15, 0.2) is 17.0 Å². The maximum atomic E-state index is 11.4. The zero-order chi connectivity index (χ0) is 12.7. The molecule has 0 saturated carbocycles. The Balaban J connectivity index is 2.36. The molecule has 1 aromatic heterocycles. The van der Waals surface area contributed by atoms with Crippen LogP contribution in [-0.4, -0.2) is 30.0 Å². The van der Waals surface area contributed by atoms with Gasteiger partial charge in [-0.1, -0.05) is 0 Å². The van der Waals surface area contributed by atoms with Crippen LogP contribution in [0.4, 0.5) is 0 Å². The van der Waals surface area contributed by atoms with Crippen molar-refractivity contribution in [3.8, 4) is 0 Å². The molecule has 17 heavy (non-hydrogen) atoms. The second-order valence-electron chi connectivity index (χ2n) is 3.44. The highest BCUT2D eigenvalue weighted by Gasteiger charge is 2.10. The monoisotopic (exact) mass is 254 g/mol. The molecule has 6 heteroatoms. The van der Waals surface area contributed by atoms with Crippen molar-refractivity contribution in [2.75, 3.05) is 7.11 Å². The molecule has 0 spiro atoms. The predicted molar refractivity (Wildman–Crippen MR) is 65.4 cm³/mol. The summed E-state index contributed by atoms with van der Waals surface area (Å²) in [7, 11) is 1.32. The molecule has 0 aliphatic heterocycles. The molecular weight excluding hydrogens is 240 g/mol. The van der Waals surface area contributed by atoms with Gasteiger partial charge >= 0.3 is 5.97 Å². The number of nitrogens with zero attached hydrogens (tertiary/aromatic N) is 1. The average molecular weight is 254 g/mol. The van der Waals surface area contributed by atoms with Crippen molar-refractivity contribution >= 4 is 29.3 Å². The third-order valence-corrected chi connectivity index (χ3v) is 2.55. The van der Waals surface area contributed by atoms with E-state index >= 15 is 0 Å². The molecule has 1 N–H and O–H groups in total. The van der Waals surface area contributed by atoms with Crippen molar-refractivity contribution in [2.45, 2.75) is 19.4 Å². The highest BCUT2D eigenvalue weighted by atomic mass is 32.1. The number of aromatic nitrogens is 1. The van der Waals surface area contributed by atoms with E-state index in [0.29, 0.717) is 0 Å². The first-order valence-electron chi connectivity index (χ1n) is 5.05. The van der Waals surface area contributed by atoms with Crippen molar-refractivity contribution in [3.05, 3.63) is 22.7 Å². The van der Waals surface area contributed by atoms with E-state index < -0.39 is 0 Å². The standard InChI is InChI=1S/C11H14N2O3S/c1-8(5-11(15)16-2)13-10(14)4-3-9-6-17-7-12-9/h3-4,6-8H,5H2,1-2H3,(H,13,14)/b4-3-/t8-/m0/s1. The molecule has 0 aromatic carbocycles. The van der Waals surface area contributed by atoms with Gasteiger partial charge in [-0.3, -0.25) is 9.59 Å². The lowest BCUT2D eigenvalue weighted by atomic mass is 10.2. The van der Waals surface area contributed by atoms with Gasteiger partial charge in [-0.25, -0.2) is 4.98 Å². The summed E-state index contributed by atoms with van der Waals surface area (Å²) in [6.45, 7) is 1.74. The average Bonchev–Trinajstić information content (AvgIpc) is 2.78. The highest BCUT2D eigenvalue weighted by Crippen LogP contribution is 2.02. The molecule has 1 atom stereocenters. The lowest BCUT2D eigenvalue weighted by Gasteiger charge is -2.10. The van der Waals surface area contributed by atoms with Crippen LogP contribution in [0.1, 0.15) is 19.0 Å². The number of amides is 1. The molecule has 1 rings (SSSR count). The SMILES string of the molecule is COC(=O)C[C@H](C)NC(=O)/C=C\c1cscn1. The van der Waals surface area contributed by atoms with E-state index in [9.17, 15) is 9.59 Å². The minimum atomic E-state index is -0.346. The Labute approximate surface area is 104 Å². The predicted octanol–water partition coefficient (Wildman–Crippen LogP) is 1.22. The van der Waals surface area contributed by atoms with Gasteiger partial charge in [0.25, 0.3) is 0 Å². The second kappa shape index (κ2) is 6.80. The molecule has 0 unspecified atom stereocenters. The number of esters is 1. The van der Waals surface area contributed by atoms with Crippen LogP contribution < -0.4 is 5.32 Å². The summed E-state index contributed by atoms with van der Waals surface area (Å²) in [6, 6.07) is -0.255. The number of nitrogens with one attached hydrogen (secondary N) is 1. The zero-order valence-electron chi connectivity index (χ0n) is 9.67. The van der Waals surface area contributed by atoms with Crippen LogP contribution in [0.25, 0.3) is 6.08 Å². The summed E-state index contributed by atoms with van der Waals surface area (Å²) in [5.41, 5.74) is 2.43. The van der Waals surface area contributed by atoms with Crippen LogP contribution in [0.5, 0.6) is 0 Å².